The fourth-order valence-electron chi connectivity index (χ4n) is 5.31. The Morgan fingerprint density at radius 3 is 2.26 bits per heavy atom. The van der Waals surface area contributed by atoms with E-state index in [1.54, 1.807) is 0 Å². The second kappa shape index (κ2) is 10.9. The molecule has 0 radical (unpaired) electrons. The summed E-state index contributed by atoms with van der Waals surface area (Å²) in [6, 6.07) is 15.3. The van der Waals surface area contributed by atoms with Gasteiger partial charge in [-0.2, -0.15) is 0 Å². The number of carboxylic acid groups (broad SMARTS) is 1. The van der Waals surface area contributed by atoms with Gasteiger partial charge < -0.3 is 20.5 Å². The van der Waals surface area contributed by atoms with E-state index in [4.69, 9.17) is 4.74 Å². The van der Waals surface area contributed by atoms with Gasteiger partial charge in [0.1, 0.15) is 12.6 Å². The Bertz CT molecular complexity index is 1040. The molecule has 3 N–H and O–H groups in total. The zero-order chi connectivity index (χ0) is 24.9. The van der Waals surface area contributed by atoms with Gasteiger partial charge in [-0.1, -0.05) is 75.2 Å². The van der Waals surface area contributed by atoms with Crippen LogP contribution < -0.4 is 10.6 Å². The first kappa shape index (κ1) is 24.8. The first-order valence-corrected chi connectivity index (χ1v) is 12.5. The van der Waals surface area contributed by atoms with Crippen LogP contribution in [0.1, 0.15) is 63.0 Å². The number of fused-ring (bicyclic) bond motifs is 3. The molecule has 2 aromatic rings. The van der Waals surface area contributed by atoms with Crippen molar-refractivity contribution in [3.63, 3.8) is 0 Å². The van der Waals surface area contributed by atoms with Crippen molar-refractivity contribution in [2.75, 3.05) is 6.61 Å². The van der Waals surface area contributed by atoms with Crippen molar-refractivity contribution >= 4 is 18.0 Å². The van der Waals surface area contributed by atoms with Crippen molar-refractivity contribution in [1.29, 1.82) is 0 Å². The molecule has 35 heavy (non-hydrogen) atoms. The van der Waals surface area contributed by atoms with E-state index < -0.39 is 24.0 Å². The molecule has 1 fully saturated rings. The zero-order valence-corrected chi connectivity index (χ0v) is 20.3. The molecule has 4 rings (SSSR count). The molecule has 7 nitrogen and oxygen atoms in total. The van der Waals surface area contributed by atoms with Crippen LogP contribution in [0.2, 0.25) is 0 Å². The summed E-state index contributed by atoms with van der Waals surface area (Å²) in [6.45, 7) is 4.05. The molecule has 186 valence electrons. The van der Waals surface area contributed by atoms with Crippen molar-refractivity contribution in [2.24, 2.45) is 11.8 Å². The second-order valence-corrected chi connectivity index (χ2v) is 9.74. The van der Waals surface area contributed by atoms with E-state index in [-0.39, 0.29) is 30.4 Å². The molecule has 0 bridgehead atoms. The van der Waals surface area contributed by atoms with Crippen molar-refractivity contribution < 1.29 is 24.2 Å². The van der Waals surface area contributed by atoms with Gasteiger partial charge in [-0.3, -0.25) is 9.59 Å². The maximum Gasteiger partial charge on any atom is 0.407 e. The minimum Gasteiger partial charge on any atom is -0.481 e. The molecule has 2 aliphatic carbocycles. The Balaban J connectivity index is 1.39. The molecule has 7 heteroatoms. The third-order valence-electron chi connectivity index (χ3n) is 7.48. The van der Waals surface area contributed by atoms with Crippen LogP contribution in [0.25, 0.3) is 11.1 Å². The Labute approximate surface area is 206 Å². The number of ether oxygens (including phenoxy) is 1. The summed E-state index contributed by atoms with van der Waals surface area (Å²) < 4.78 is 5.65. The van der Waals surface area contributed by atoms with Gasteiger partial charge in [0.05, 0.1) is 5.92 Å². The van der Waals surface area contributed by atoms with Crippen molar-refractivity contribution in [2.45, 2.75) is 64.0 Å². The summed E-state index contributed by atoms with van der Waals surface area (Å²) >= 11 is 0. The molecule has 0 heterocycles. The van der Waals surface area contributed by atoms with Crippen molar-refractivity contribution in [1.82, 2.24) is 10.6 Å². The quantitative estimate of drug-likeness (QED) is 0.510. The second-order valence-electron chi connectivity index (χ2n) is 9.74. The van der Waals surface area contributed by atoms with Crippen LogP contribution in [0.5, 0.6) is 0 Å². The highest BCUT2D eigenvalue weighted by molar-refractivity contribution is 5.86. The lowest BCUT2D eigenvalue weighted by molar-refractivity contribution is -0.143. The highest BCUT2D eigenvalue weighted by Crippen LogP contribution is 2.44. The largest absolute Gasteiger partial charge is 0.481 e. The molecule has 2 amide bonds. The molecule has 2 aromatic carbocycles. The van der Waals surface area contributed by atoms with Crippen LogP contribution in [0, 0.1) is 11.8 Å². The monoisotopic (exact) mass is 478 g/mol. The van der Waals surface area contributed by atoms with Crippen molar-refractivity contribution in [3.05, 3.63) is 59.7 Å². The number of hydrogen-bond donors (Lipinski definition) is 3. The number of hydrogen-bond acceptors (Lipinski definition) is 4. The third kappa shape index (κ3) is 5.50. The van der Waals surface area contributed by atoms with Gasteiger partial charge >= 0.3 is 12.1 Å². The molecule has 0 spiro atoms. The lowest BCUT2D eigenvalue weighted by atomic mass is 9.85. The van der Waals surface area contributed by atoms with Gasteiger partial charge in [0.25, 0.3) is 0 Å². The Morgan fingerprint density at radius 1 is 1.03 bits per heavy atom. The average molecular weight is 479 g/mol. The number of carboxylic acids is 1. The highest BCUT2D eigenvalue weighted by atomic mass is 16.5. The van der Waals surface area contributed by atoms with E-state index in [1.807, 2.05) is 38.1 Å². The molecule has 0 unspecified atom stereocenters. The van der Waals surface area contributed by atoms with E-state index in [1.165, 1.54) is 0 Å². The summed E-state index contributed by atoms with van der Waals surface area (Å²) in [7, 11) is 0. The van der Waals surface area contributed by atoms with E-state index >= 15 is 0 Å². The number of carbonyl (C=O) groups excluding carboxylic acids is 2. The maximum atomic E-state index is 13.1. The van der Waals surface area contributed by atoms with Crippen LogP contribution in [0.3, 0.4) is 0 Å². The molecule has 1 saturated carbocycles. The molecule has 4 atom stereocenters. The predicted molar refractivity (Wildman–Crippen MR) is 133 cm³/mol. The highest BCUT2D eigenvalue weighted by Gasteiger charge is 2.33. The summed E-state index contributed by atoms with van der Waals surface area (Å²) in [5.41, 5.74) is 4.56. The lowest BCUT2D eigenvalue weighted by Crippen LogP contribution is -2.53. The van der Waals surface area contributed by atoms with Crippen molar-refractivity contribution in [3.8, 4) is 11.1 Å². The predicted octanol–water partition coefficient (Wildman–Crippen LogP) is 4.70. The van der Waals surface area contributed by atoms with E-state index in [2.05, 4.69) is 34.9 Å². The topological polar surface area (TPSA) is 105 Å². The van der Waals surface area contributed by atoms with Crippen LogP contribution >= 0.6 is 0 Å². The number of carbonyl (C=O) groups is 3. The standard InChI is InChI=1S/C28H34N2O5/c1-3-17(2)25(26(31)29-19-10-8-9-18(15-19)27(32)33)30-28(34)35-16-24-22-13-6-4-11-20(22)21-12-5-7-14-23(21)24/h4-7,11-14,17-19,24-25H,3,8-10,15-16H2,1-2H3,(H,29,31)(H,30,34)(H,32,33)/t17-,18+,19-,25-/m0/s1. The molecule has 0 aromatic heterocycles. The van der Waals surface area contributed by atoms with Crippen LogP contribution in [0.4, 0.5) is 4.79 Å². The van der Waals surface area contributed by atoms with Gasteiger partial charge in [-0.15, -0.1) is 0 Å². The fraction of sp³-hybridized carbons (Fsp3) is 0.464. The van der Waals surface area contributed by atoms with Gasteiger partial charge in [0.15, 0.2) is 0 Å². The number of benzene rings is 2. The van der Waals surface area contributed by atoms with Gasteiger partial charge in [-0.05, 0) is 47.4 Å². The fourth-order valence-corrected chi connectivity index (χ4v) is 5.31. The Kier molecular flexibility index (Phi) is 7.73. The normalized spacial score (nSPS) is 20.7. The average Bonchev–Trinajstić information content (AvgIpc) is 3.19. The first-order chi connectivity index (χ1) is 16.9. The maximum absolute atomic E-state index is 13.1. The van der Waals surface area contributed by atoms with E-state index in [0.717, 1.165) is 35.1 Å². The number of nitrogens with one attached hydrogen (secondary N) is 2. The number of rotatable bonds is 8. The van der Waals surface area contributed by atoms with Gasteiger partial charge in [0.2, 0.25) is 5.91 Å². The number of alkyl carbamates (subject to hydrolysis) is 1. The van der Waals surface area contributed by atoms with Gasteiger partial charge in [0, 0.05) is 12.0 Å². The summed E-state index contributed by atoms with van der Waals surface area (Å²) in [5.74, 6) is -1.71. The lowest BCUT2D eigenvalue weighted by Gasteiger charge is -2.30. The molecule has 0 saturated heterocycles. The Hall–Kier alpha value is -3.35. The minimum absolute atomic E-state index is 0.0563. The zero-order valence-electron chi connectivity index (χ0n) is 20.3. The number of aliphatic carboxylic acids is 1. The van der Waals surface area contributed by atoms with Gasteiger partial charge in [-0.25, -0.2) is 4.79 Å². The Morgan fingerprint density at radius 2 is 1.66 bits per heavy atom. The van der Waals surface area contributed by atoms with E-state index in [0.29, 0.717) is 19.3 Å². The SMILES string of the molecule is CC[C@H](C)[C@H](NC(=O)OCC1c2ccccc2-c2ccccc21)C(=O)N[C@H]1CCC[C@@H](C(=O)O)C1. The van der Waals surface area contributed by atoms with Crippen LogP contribution in [0.15, 0.2) is 48.5 Å². The molecule has 2 aliphatic rings. The first-order valence-electron chi connectivity index (χ1n) is 12.5. The molecular formula is C28H34N2O5. The minimum atomic E-state index is -0.820. The van der Waals surface area contributed by atoms with Crippen LogP contribution in [-0.2, 0) is 14.3 Å². The van der Waals surface area contributed by atoms with Crippen LogP contribution in [-0.4, -0.2) is 41.8 Å². The smallest absolute Gasteiger partial charge is 0.407 e. The summed E-state index contributed by atoms with van der Waals surface area (Å²) in [4.78, 5) is 37.3. The van der Waals surface area contributed by atoms with E-state index in [9.17, 15) is 19.5 Å². The molecule has 0 aliphatic heterocycles. The summed E-state index contributed by atoms with van der Waals surface area (Å²) in [5, 5.41) is 15.1. The molecular weight excluding hydrogens is 444 g/mol. The summed E-state index contributed by atoms with van der Waals surface area (Å²) in [6.07, 6.45) is 2.63. The number of amides is 2. The third-order valence-corrected chi connectivity index (χ3v) is 7.48.